The van der Waals surface area contributed by atoms with Crippen molar-refractivity contribution in [1.29, 1.82) is 0 Å². The van der Waals surface area contributed by atoms with Crippen LogP contribution in [0.25, 0.3) is 0 Å². The second kappa shape index (κ2) is 8.11. The average molecular weight is 357 g/mol. The molecule has 0 bridgehead atoms. The van der Waals surface area contributed by atoms with Crippen LogP contribution in [0.2, 0.25) is 10.0 Å². The summed E-state index contributed by atoms with van der Waals surface area (Å²) in [6, 6.07) is 5.43. The van der Waals surface area contributed by atoms with Crippen molar-refractivity contribution in [3.63, 3.8) is 0 Å². The van der Waals surface area contributed by atoms with Crippen LogP contribution in [0.4, 0.5) is 0 Å². The quantitative estimate of drug-likeness (QED) is 0.828. The Bertz CT molecular complexity index is 637. The summed E-state index contributed by atoms with van der Waals surface area (Å²) in [4.78, 5) is 6.62. The van der Waals surface area contributed by atoms with Gasteiger partial charge in [0.1, 0.15) is 5.82 Å². The number of nitrogens with zero attached hydrogens (tertiary/aromatic N) is 4. The molecule has 126 valence electrons. The first kappa shape index (κ1) is 18.2. The predicted octanol–water partition coefficient (Wildman–Crippen LogP) is 3.01. The monoisotopic (exact) mass is 356 g/mol. The maximum Gasteiger partial charge on any atom is 0.155 e. The summed E-state index contributed by atoms with van der Waals surface area (Å²) in [7, 11) is 3.94. The van der Waals surface area contributed by atoms with Gasteiger partial charge in [0.15, 0.2) is 5.82 Å². The van der Waals surface area contributed by atoms with E-state index in [4.69, 9.17) is 23.2 Å². The second-order valence-electron chi connectivity index (χ2n) is 5.80. The first-order valence-corrected chi connectivity index (χ1v) is 8.34. The molecule has 2 aromatic rings. The molecule has 1 unspecified atom stereocenters. The summed E-state index contributed by atoms with van der Waals surface area (Å²) in [5.74, 6) is 1.47. The number of hydrogen-bond donors (Lipinski definition) is 1. The van der Waals surface area contributed by atoms with E-state index < -0.39 is 6.10 Å². The molecule has 0 radical (unpaired) electrons. The molecular formula is C16H22Cl2N4O. The van der Waals surface area contributed by atoms with Crippen molar-refractivity contribution in [3.8, 4) is 0 Å². The lowest BCUT2D eigenvalue weighted by Gasteiger charge is -2.12. The molecule has 0 spiro atoms. The number of benzene rings is 1. The highest BCUT2D eigenvalue weighted by molar-refractivity contribution is 6.36. The SMILES string of the molecule is CCC(O)Cn1nc(Cc2c(Cl)cccc2Cl)nc1CN(C)C. The van der Waals surface area contributed by atoms with Crippen LogP contribution in [0.15, 0.2) is 18.2 Å². The third-order valence-electron chi connectivity index (χ3n) is 3.50. The Morgan fingerprint density at radius 1 is 1.26 bits per heavy atom. The lowest BCUT2D eigenvalue weighted by molar-refractivity contribution is 0.142. The number of halogens is 2. The highest BCUT2D eigenvalue weighted by Gasteiger charge is 2.16. The summed E-state index contributed by atoms with van der Waals surface area (Å²) in [6.07, 6.45) is 0.704. The van der Waals surface area contributed by atoms with Crippen molar-refractivity contribution in [1.82, 2.24) is 19.7 Å². The van der Waals surface area contributed by atoms with Gasteiger partial charge < -0.3 is 10.0 Å². The number of hydrogen-bond acceptors (Lipinski definition) is 4. The van der Waals surface area contributed by atoms with Crippen molar-refractivity contribution in [2.24, 2.45) is 0 Å². The van der Waals surface area contributed by atoms with Crippen LogP contribution in [-0.4, -0.2) is 45.0 Å². The maximum absolute atomic E-state index is 9.91. The van der Waals surface area contributed by atoms with Gasteiger partial charge in [0.2, 0.25) is 0 Å². The molecule has 23 heavy (non-hydrogen) atoms. The molecule has 1 aromatic carbocycles. The lowest BCUT2D eigenvalue weighted by Crippen LogP contribution is -2.21. The molecule has 1 N–H and O–H groups in total. The minimum atomic E-state index is -0.436. The van der Waals surface area contributed by atoms with Gasteiger partial charge in [-0.05, 0) is 38.2 Å². The van der Waals surface area contributed by atoms with E-state index in [-0.39, 0.29) is 0 Å². The standard InChI is InChI=1S/C16H22Cl2N4O/c1-4-11(23)9-22-16(10-21(2)3)19-15(20-22)8-12-13(17)6-5-7-14(12)18/h5-7,11,23H,4,8-10H2,1-3H3. The van der Waals surface area contributed by atoms with E-state index in [9.17, 15) is 5.11 Å². The summed E-state index contributed by atoms with van der Waals surface area (Å²) >= 11 is 12.4. The zero-order valence-corrected chi connectivity index (χ0v) is 15.1. The number of rotatable bonds is 7. The predicted molar refractivity (Wildman–Crippen MR) is 93.0 cm³/mol. The first-order valence-electron chi connectivity index (χ1n) is 7.59. The second-order valence-corrected chi connectivity index (χ2v) is 6.62. The molecule has 1 atom stereocenters. The van der Waals surface area contributed by atoms with Crippen LogP contribution < -0.4 is 0 Å². The van der Waals surface area contributed by atoms with Crippen molar-refractivity contribution >= 4 is 23.2 Å². The van der Waals surface area contributed by atoms with Gasteiger partial charge in [0.25, 0.3) is 0 Å². The van der Waals surface area contributed by atoms with Crippen molar-refractivity contribution in [2.75, 3.05) is 14.1 Å². The molecular weight excluding hydrogens is 335 g/mol. The van der Waals surface area contributed by atoms with Gasteiger partial charge >= 0.3 is 0 Å². The smallest absolute Gasteiger partial charge is 0.155 e. The van der Waals surface area contributed by atoms with Gasteiger partial charge in [0, 0.05) is 16.5 Å². The molecule has 0 aliphatic carbocycles. The first-order chi connectivity index (χ1) is 10.9. The Balaban J connectivity index is 2.28. The topological polar surface area (TPSA) is 54.2 Å². The Hall–Kier alpha value is -1.14. The fourth-order valence-corrected chi connectivity index (χ4v) is 2.77. The Kier molecular flexibility index (Phi) is 6.41. The largest absolute Gasteiger partial charge is 0.391 e. The molecule has 0 aliphatic rings. The number of aliphatic hydroxyl groups is 1. The average Bonchev–Trinajstić information content (AvgIpc) is 2.84. The van der Waals surface area contributed by atoms with Gasteiger partial charge in [0.05, 0.1) is 19.2 Å². The summed E-state index contributed by atoms with van der Waals surface area (Å²) in [5.41, 5.74) is 0.820. The molecule has 0 amide bonds. The summed E-state index contributed by atoms with van der Waals surface area (Å²) < 4.78 is 1.77. The molecule has 0 saturated carbocycles. The van der Waals surface area contributed by atoms with Crippen LogP contribution in [-0.2, 0) is 19.5 Å². The van der Waals surface area contributed by atoms with E-state index in [1.54, 1.807) is 16.8 Å². The minimum Gasteiger partial charge on any atom is -0.391 e. The van der Waals surface area contributed by atoms with Gasteiger partial charge in [-0.2, -0.15) is 5.10 Å². The van der Waals surface area contributed by atoms with Crippen molar-refractivity contribution < 1.29 is 5.11 Å². The van der Waals surface area contributed by atoms with E-state index in [2.05, 4.69) is 10.1 Å². The van der Waals surface area contributed by atoms with E-state index in [0.717, 1.165) is 11.4 Å². The van der Waals surface area contributed by atoms with Gasteiger partial charge in [-0.3, -0.25) is 0 Å². The van der Waals surface area contributed by atoms with Crippen molar-refractivity contribution in [3.05, 3.63) is 45.5 Å². The normalized spacial score (nSPS) is 12.8. The van der Waals surface area contributed by atoms with Crippen LogP contribution >= 0.6 is 23.2 Å². The van der Waals surface area contributed by atoms with E-state index in [1.807, 2.05) is 32.0 Å². The van der Waals surface area contributed by atoms with Gasteiger partial charge in [-0.15, -0.1) is 0 Å². The van der Waals surface area contributed by atoms with Crippen LogP contribution in [0.5, 0.6) is 0 Å². The van der Waals surface area contributed by atoms with Crippen LogP contribution in [0.3, 0.4) is 0 Å². The zero-order valence-electron chi connectivity index (χ0n) is 13.6. The molecule has 7 heteroatoms. The third kappa shape index (κ3) is 4.91. The Labute approximate surface area is 146 Å². The summed E-state index contributed by atoms with van der Waals surface area (Å²) in [5, 5.41) is 15.7. The highest BCUT2D eigenvalue weighted by atomic mass is 35.5. The molecule has 1 heterocycles. The maximum atomic E-state index is 9.91. The van der Waals surface area contributed by atoms with Crippen LogP contribution in [0.1, 0.15) is 30.6 Å². The van der Waals surface area contributed by atoms with E-state index in [0.29, 0.717) is 41.8 Å². The Morgan fingerprint density at radius 3 is 2.48 bits per heavy atom. The van der Waals surface area contributed by atoms with Gasteiger partial charge in [-0.1, -0.05) is 36.2 Å². The van der Waals surface area contributed by atoms with E-state index in [1.165, 1.54) is 0 Å². The third-order valence-corrected chi connectivity index (χ3v) is 4.21. The minimum absolute atomic E-state index is 0.433. The number of aromatic nitrogens is 3. The highest BCUT2D eigenvalue weighted by Crippen LogP contribution is 2.26. The molecule has 2 rings (SSSR count). The molecule has 0 aliphatic heterocycles. The number of aliphatic hydroxyl groups excluding tert-OH is 1. The molecule has 1 aromatic heterocycles. The zero-order chi connectivity index (χ0) is 17.0. The van der Waals surface area contributed by atoms with Gasteiger partial charge in [-0.25, -0.2) is 9.67 Å². The summed E-state index contributed by atoms with van der Waals surface area (Å²) in [6.45, 7) is 3.03. The Morgan fingerprint density at radius 2 is 1.91 bits per heavy atom. The van der Waals surface area contributed by atoms with Crippen LogP contribution in [0, 0.1) is 0 Å². The fourth-order valence-electron chi connectivity index (χ4n) is 2.24. The van der Waals surface area contributed by atoms with Crippen molar-refractivity contribution in [2.45, 2.75) is 39.0 Å². The molecule has 5 nitrogen and oxygen atoms in total. The molecule has 0 fully saturated rings. The van der Waals surface area contributed by atoms with E-state index >= 15 is 0 Å². The molecule has 0 saturated heterocycles. The lowest BCUT2D eigenvalue weighted by atomic mass is 10.1. The fraction of sp³-hybridized carbons (Fsp3) is 0.500.